The van der Waals surface area contributed by atoms with E-state index in [1.807, 2.05) is 0 Å². The molecule has 0 bridgehead atoms. The second kappa shape index (κ2) is 5.47. The molecule has 0 aliphatic carbocycles. The van der Waals surface area contributed by atoms with Crippen LogP contribution in [0.2, 0.25) is 0 Å². The number of ether oxygens (including phenoxy) is 1. The van der Waals surface area contributed by atoms with Crippen molar-refractivity contribution in [3.8, 4) is 0 Å². The van der Waals surface area contributed by atoms with Crippen LogP contribution in [0, 0.1) is 5.92 Å². The molecule has 1 aliphatic rings. The van der Waals surface area contributed by atoms with Gasteiger partial charge in [-0.3, -0.25) is 4.79 Å². The molecule has 15 heavy (non-hydrogen) atoms. The second-order valence-electron chi connectivity index (χ2n) is 4.63. The average Bonchev–Trinajstić information content (AvgIpc) is 2.40. The van der Waals surface area contributed by atoms with Crippen LogP contribution in [-0.2, 0) is 9.53 Å². The SMILES string of the molecule is CC(C)CNC1(C(=O)O)CCCOCC1. The smallest absolute Gasteiger partial charge is 0.323 e. The molecule has 0 radical (unpaired) electrons. The molecule has 1 saturated heterocycles. The standard InChI is InChI=1S/C11H21NO3/c1-9(2)8-12-11(10(13)14)4-3-6-15-7-5-11/h9,12H,3-8H2,1-2H3,(H,13,14). The molecule has 88 valence electrons. The van der Waals surface area contributed by atoms with Crippen molar-refractivity contribution in [2.45, 2.75) is 38.6 Å². The first kappa shape index (κ1) is 12.5. The molecule has 2 N–H and O–H groups in total. The Labute approximate surface area is 91.0 Å². The fraction of sp³-hybridized carbons (Fsp3) is 0.909. The molecule has 0 saturated carbocycles. The van der Waals surface area contributed by atoms with Crippen LogP contribution in [0.3, 0.4) is 0 Å². The molecule has 0 spiro atoms. The first-order chi connectivity index (χ1) is 7.07. The first-order valence-electron chi connectivity index (χ1n) is 5.63. The summed E-state index contributed by atoms with van der Waals surface area (Å²) in [6.07, 6.45) is 2.04. The Bertz CT molecular complexity index is 208. The van der Waals surface area contributed by atoms with Gasteiger partial charge in [-0.1, -0.05) is 13.8 Å². The van der Waals surface area contributed by atoms with Crippen molar-refractivity contribution < 1.29 is 14.6 Å². The third kappa shape index (κ3) is 3.47. The highest BCUT2D eigenvalue weighted by Gasteiger charge is 2.38. The number of hydrogen-bond acceptors (Lipinski definition) is 3. The van der Waals surface area contributed by atoms with Crippen LogP contribution in [0.25, 0.3) is 0 Å². The topological polar surface area (TPSA) is 58.6 Å². The van der Waals surface area contributed by atoms with Gasteiger partial charge < -0.3 is 15.2 Å². The quantitative estimate of drug-likeness (QED) is 0.741. The molecule has 4 nitrogen and oxygen atoms in total. The highest BCUT2D eigenvalue weighted by Crippen LogP contribution is 2.22. The summed E-state index contributed by atoms with van der Waals surface area (Å²) in [7, 11) is 0. The summed E-state index contributed by atoms with van der Waals surface area (Å²) >= 11 is 0. The highest BCUT2D eigenvalue weighted by atomic mass is 16.5. The number of hydrogen-bond donors (Lipinski definition) is 2. The largest absolute Gasteiger partial charge is 0.480 e. The Kier molecular flexibility index (Phi) is 4.54. The van der Waals surface area contributed by atoms with Crippen molar-refractivity contribution in [2.75, 3.05) is 19.8 Å². The Hall–Kier alpha value is -0.610. The predicted octanol–water partition coefficient (Wildman–Crippen LogP) is 1.26. The first-order valence-corrected chi connectivity index (χ1v) is 5.63. The van der Waals surface area contributed by atoms with E-state index in [2.05, 4.69) is 19.2 Å². The van der Waals surface area contributed by atoms with Gasteiger partial charge in [-0.2, -0.15) is 0 Å². The molecule has 1 fully saturated rings. The molecule has 0 aromatic carbocycles. The van der Waals surface area contributed by atoms with Crippen LogP contribution < -0.4 is 5.32 Å². The number of aliphatic carboxylic acids is 1. The summed E-state index contributed by atoms with van der Waals surface area (Å²) in [6, 6.07) is 0. The normalized spacial score (nSPS) is 27.7. The summed E-state index contributed by atoms with van der Waals surface area (Å²) in [5, 5.41) is 12.5. The molecule has 1 aliphatic heterocycles. The van der Waals surface area contributed by atoms with E-state index in [0.717, 1.165) is 13.0 Å². The predicted molar refractivity (Wildman–Crippen MR) is 57.9 cm³/mol. The van der Waals surface area contributed by atoms with Gasteiger partial charge in [-0.25, -0.2) is 0 Å². The Balaban J connectivity index is 2.63. The molecule has 1 rings (SSSR count). The van der Waals surface area contributed by atoms with Crippen molar-refractivity contribution in [3.63, 3.8) is 0 Å². The zero-order valence-electron chi connectivity index (χ0n) is 9.58. The number of rotatable bonds is 4. The van der Waals surface area contributed by atoms with E-state index < -0.39 is 11.5 Å². The Morgan fingerprint density at radius 3 is 2.80 bits per heavy atom. The monoisotopic (exact) mass is 215 g/mol. The van der Waals surface area contributed by atoms with Crippen molar-refractivity contribution in [1.82, 2.24) is 5.32 Å². The van der Waals surface area contributed by atoms with E-state index in [-0.39, 0.29) is 0 Å². The van der Waals surface area contributed by atoms with Gasteiger partial charge in [-0.15, -0.1) is 0 Å². The minimum absolute atomic E-state index is 0.463. The molecular weight excluding hydrogens is 194 g/mol. The van der Waals surface area contributed by atoms with Crippen molar-refractivity contribution in [1.29, 1.82) is 0 Å². The minimum Gasteiger partial charge on any atom is -0.480 e. The van der Waals surface area contributed by atoms with Gasteiger partial charge in [0, 0.05) is 13.2 Å². The average molecular weight is 215 g/mol. The maximum atomic E-state index is 11.3. The third-order valence-corrected chi connectivity index (χ3v) is 2.82. The zero-order valence-corrected chi connectivity index (χ0v) is 9.58. The van der Waals surface area contributed by atoms with Crippen LogP contribution in [0.15, 0.2) is 0 Å². The molecule has 0 aromatic heterocycles. The molecule has 0 aromatic rings. The van der Waals surface area contributed by atoms with Crippen LogP contribution in [0.1, 0.15) is 33.1 Å². The summed E-state index contributed by atoms with van der Waals surface area (Å²) in [4.78, 5) is 11.3. The number of carbonyl (C=O) groups is 1. The van der Waals surface area contributed by atoms with Crippen molar-refractivity contribution in [3.05, 3.63) is 0 Å². The minimum atomic E-state index is -0.763. The molecule has 4 heteroatoms. The lowest BCUT2D eigenvalue weighted by molar-refractivity contribution is -0.145. The third-order valence-electron chi connectivity index (χ3n) is 2.82. The summed E-state index contributed by atoms with van der Waals surface area (Å²) in [5.74, 6) is -0.279. The Morgan fingerprint density at radius 1 is 1.47 bits per heavy atom. The lowest BCUT2D eigenvalue weighted by atomic mass is 9.90. The molecule has 0 amide bonds. The molecule has 1 unspecified atom stereocenters. The van der Waals surface area contributed by atoms with Gasteiger partial charge in [0.1, 0.15) is 5.54 Å². The van der Waals surface area contributed by atoms with E-state index in [1.54, 1.807) is 0 Å². The Morgan fingerprint density at radius 2 is 2.20 bits per heavy atom. The van der Waals surface area contributed by atoms with Gasteiger partial charge in [0.15, 0.2) is 0 Å². The van der Waals surface area contributed by atoms with Crippen molar-refractivity contribution >= 4 is 5.97 Å². The van der Waals surface area contributed by atoms with E-state index in [1.165, 1.54) is 0 Å². The van der Waals surface area contributed by atoms with Crippen LogP contribution in [0.5, 0.6) is 0 Å². The maximum absolute atomic E-state index is 11.3. The lowest BCUT2D eigenvalue weighted by Gasteiger charge is -2.29. The molecule has 1 atom stereocenters. The van der Waals surface area contributed by atoms with Gasteiger partial charge in [-0.05, 0) is 31.7 Å². The summed E-state index contributed by atoms with van der Waals surface area (Å²) in [6.45, 7) is 6.12. The lowest BCUT2D eigenvalue weighted by Crippen LogP contribution is -2.53. The van der Waals surface area contributed by atoms with E-state index in [9.17, 15) is 9.90 Å². The van der Waals surface area contributed by atoms with E-state index >= 15 is 0 Å². The van der Waals surface area contributed by atoms with Gasteiger partial charge in [0.05, 0.1) is 0 Å². The van der Waals surface area contributed by atoms with E-state index in [0.29, 0.717) is 32.0 Å². The number of carboxylic acid groups (broad SMARTS) is 1. The van der Waals surface area contributed by atoms with Gasteiger partial charge >= 0.3 is 5.97 Å². The van der Waals surface area contributed by atoms with Crippen molar-refractivity contribution in [2.24, 2.45) is 5.92 Å². The van der Waals surface area contributed by atoms with Crippen LogP contribution >= 0.6 is 0 Å². The van der Waals surface area contributed by atoms with Gasteiger partial charge in [0.2, 0.25) is 0 Å². The summed E-state index contributed by atoms with van der Waals surface area (Å²) < 4.78 is 5.30. The number of carboxylic acids is 1. The fourth-order valence-corrected chi connectivity index (χ4v) is 1.82. The maximum Gasteiger partial charge on any atom is 0.323 e. The highest BCUT2D eigenvalue weighted by molar-refractivity contribution is 5.78. The fourth-order valence-electron chi connectivity index (χ4n) is 1.82. The second-order valence-corrected chi connectivity index (χ2v) is 4.63. The van der Waals surface area contributed by atoms with Crippen LogP contribution in [-0.4, -0.2) is 36.4 Å². The molecule has 1 heterocycles. The van der Waals surface area contributed by atoms with Gasteiger partial charge in [0.25, 0.3) is 0 Å². The molecular formula is C11H21NO3. The number of nitrogens with one attached hydrogen (secondary N) is 1. The zero-order chi connectivity index (χ0) is 11.3. The van der Waals surface area contributed by atoms with Crippen LogP contribution in [0.4, 0.5) is 0 Å². The summed E-state index contributed by atoms with van der Waals surface area (Å²) in [5.41, 5.74) is -0.763. The van der Waals surface area contributed by atoms with E-state index in [4.69, 9.17) is 4.74 Å².